The Hall–Kier alpha value is -2.65. The van der Waals surface area contributed by atoms with Crippen molar-refractivity contribution in [1.82, 2.24) is 5.32 Å². The third kappa shape index (κ3) is 4.12. The van der Waals surface area contributed by atoms with Crippen LogP contribution in [0.1, 0.15) is 48.0 Å². The maximum atomic E-state index is 12.7. The number of carbonyl (C=O) groups is 2. The van der Waals surface area contributed by atoms with E-state index in [9.17, 15) is 38.0 Å². The lowest BCUT2D eigenvalue weighted by Gasteiger charge is -2.33. The standard InChI is InChI=1S/C16H17F3N2O5/c17-16(18,19)10-4-5-11(12(8-10)21(25)26)13(22)20-9-15(14(23)24)6-2-1-3-7-15/h4-5,8H,1-3,6-7,9H2,(H,20,22)(H,23,24). The van der Waals surface area contributed by atoms with Gasteiger partial charge in [-0.05, 0) is 25.0 Å². The summed E-state index contributed by atoms with van der Waals surface area (Å²) in [6.07, 6.45) is -1.82. The Labute approximate surface area is 146 Å². The van der Waals surface area contributed by atoms with E-state index in [-0.39, 0.29) is 6.54 Å². The normalized spacial score (nSPS) is 16.7. The van der Waals surface area contributed by atoms with Crippen LogP contribution in [0, 0.1) is 15.5 Å². The van der Waals surface area contributed by atoms with Crippen LogP contribution in [0.5, 0.6) is 0 Å². The molecule has 0 unspecified atom stereocenters. The number of alkyl halides is 3. The minimum Gasteiger partial charge on any atom is -0.481 e. The van der Waals surface area contributed by atoms with Crippen LogP contribution in [0.2, 0.25) is 0 Å². The van der Waals surface area contributed by atoms with Crippen molar-refractivity contribution in [2.75, 3.05) is 6.54 Å². The number of carbonyl (C=O) groups excluding carboxylic acids is 1. The lowest BCUT2D eigenvalue weighted by Crippen LogP contribution is -2.44. The van der Waals surface area contributed by atoms with E-state index in [0.717, 1.165) is 12.5 Å². The number of nitro groups is 1. The van der Waals surface area contributed by atoms with Gasteiger partial charge in [-0.15, -0.1) is 0 Å². The molecule has 1 fully saturated rings. The molecule has 2 N–H and O–H groups in total. The Morgan fingerprint density at radius 1 is 1.23 bits per heavy atom. The molecule has 0 heterocycles. The second kappa shape index (κ2) is 7.30. The molecule has 10 heteroatoms. The Morgan fingerprint density at radius 2 is 1.85 bits per heavy atom. The Bertz CT molecular complexity index is 727. The van der Waals surface area contributed by atoms with Crippen molar-refractivity contribution < 1.29 is 32.8 Å². The zero-order chi connectivity index (χ0) is 19.5. The summed E-state index contributed by atoms with van der Waals surface area (Å²) >= 11 is 0. The van der Waals surface area contributed by atoms with Crippen LogP contribution in [0.4, 0.5) is 18.9 Å². The van der Waals surface area contributed by atoms with Crippen molar-refractivity contribution in [2.24, 2.45) is 5.41 Å². The molecule has 1 aliphatic rings. The molecule has 0 aromatic heterocycles. The van der Waals surface area contributed by atoms with E-state index in [1.54, 1.807) is 0 Å². The van der Waals surface area contributed by atoms with Gasteiger partial charge >= 0.3 is 12.1 Å². The largest absolute Gasteiger partial charge is 0.481 e. The molecular weight excluding hydrogens is 357 g/mol. The van der Waals surface area contributed by atoms with Crippen molar-refractivity contribution in [1.29, 1.82) is 0 Å². The van der Waals surface area contributed by atoms with Gasteiger partial charge in [-0.2, -0.15) is 13.2 Å². The van der Waals surface area contributed by atoms with Crippen LogP contribution in [0.25, 0.3) is 0 Å². The SMILES string of the molecule is O=C(NCC1(C(=O)O)CCCCC1)c1ccc(C(F)(F)F)cc1[N+](=O)[O-]. The van der Waals surface area contributed by atoms with E-state index in [1.165, 1.54) is 0 Å². The summed E-state index contributed by atoms with van der Waals surface area (Å²) in [5.41, 5.74) is -3.92. The van der Waals surface area contributed by atoms with Crippen molar-refractivity contribution >= 4 is 17.6 Å². The highest BCUT2D eigenvalue weighted by molar-refractivity contribution is 5.98. The third-order valence-corrected chi connectivity index (χ3v) is 4.62. The highest BCUT2D eigenvalue weighted by Crippen LogP contribution is 2.36. The number of carboxylic acid groups (broad SMARTS) is 1. The van der Waals surface area contributed by atoms with Gasteiger partial charge in [-0.3, -0.25) is 19.7 Å². The number of amides is 1. The van der Waals surface area contributed by atoms with E-state index < -0.39 is 45.2 Å². The average molecular weight is 374 g/mol. The molecule has 0 saturated heterocycles. The number of aliphatic carboxylic acids is 1. The van der Waals surface area contributed by atoms with Crippen LogP contribution in [-0.2, 0) is 11.0 Å². The summed E-state index contributed by atoms with van der Waals surface area (Å²) in [6, 6.07) is 1.60. The molecule has 0 spiro atoms. The van der Waals surface area contributed by atoms with Gasteiger partial charge in [0.2, 0.25) is 0 Å². The van der Waals surface area contributed by atoms with Gasteiger partial charge in [0.1, 0.15) is 5.56 Å². The van der Waals surface area contributed by atoms with Crippen LogP contribution < -0.4 is 5.32 Å². The summed E-state index contributed by atoms with van der Waals surface area (Å²) < 4.78 is 38.1. The molecule has 0 bridgehead atoms. The number of nitro benzene ring substituents is 1. The number of halogens is 3. The van der Waals surface area contributed by atoms with Gasteiger partial charge in [-0.1, -0.05) is 19.3 Å². The molecular formula is C16H17F3N2O5. The smallest absolute Gasteiger partial charge is 0.416 e. The van der Waals surface area contributed by atoms with Crippen molar-refractivity contribution in [3.8, 4) is 0 Å². The van der Waals surface area contributed by atoms with Crippen LogP contribution in [0.3, 0.4) is 0 Å². The molecule has 142 valence electrons. The zero-order valence-electron chi connectivity index (χ0n) is 13.6. The number of rotatable bonds is 5. The predicted octanol–water partition coefficient (Wildman–Crippen LogP) is 3.38. The van der Waals surface area contributed by atoms with Gasteiger partial charge in [0, 0.05) is 12.6 Å². The molecule has 26 heavy (non-hydrogen) atoms. The monoisotopic (exact) mass is 374 g/mol. The van der Waals surface area contributed by atoms with E-state index >= 15 is 0 Å². The van der Waals surface area contributed by atoms with E-state index in [0.29, 0.717) is 37.8 Å². The topological polar surface area (TPSA) is 110 Å². The first-order chi connectivity index (χ1) is 12.1. The lowest BCUT2D eigenvalue weighted by atomic mass is 9.74. The molecule has 0 radical (unpaired) electrons. The molecule has 0 atom stereocenters. The number of carboxylic acids is 1. The van der Waals surface area contributed by atoms with E-state index in [2.05, 4.69) is 5.32 Å². The van der Waals surface area contributed by atoms with Gasteiger partial charge in [0.05, 0.1) is 15.9 Å². The lowest BCUT2D eigenvalue weighted by molar-refractivity contribution is -0.385. The number of benzene rings is 1. The van der Waals surface area contributed by atoms with Crippen LogP contribution >= 0.6 is 0 Å². The molecule has 7 nitrogen and oxygen atoms in total. The summed E-state index contributed by atoms with van der Waals surface area (Å²) in [7, 11) is 0. The van der Waals surface area contributed by atoms with Crippen molar-refractivity contribution in [3.63, 3.8) is 0 Å². The first kappa shape index (κ1) is 19.7. The van der Waals surface area contributed by atoms with Crippen LogP contribution in [-0.4, -0.2) is 28.5 Å². The van der Waals surface area contributed by atoms with Crippen molar-refractivity contribution in [2.45, 2.75) is 38.3 Å². The van der Waals surface area contributed by atoms with Gasteiger partial charge in [0.15, 0.2) is 0 Å². The highest BCUT2D eigenvalue weighted by atomic mass is 19.4. The summed E-state index contributed by atoms with van der Waals surface area (Å²) in [6.45, 7) is -0.237. The molecule has 2 rings (SSSR count). The minimum atomic E-state index is -4.78. The number of nitrogens with one attached hydrogen (secondary N) is 1. The maximum Gasteiger partial charge on any atom is 0.416 e. The number of nitrogens with zero attached hydrogens (tertiary/aromatic N) is 1. The highest BCUT2D eigenvalue weighted by Gasteiger charge is 2.40. The third-order valence-electron chi connectivity index (χ3n) is 4.62. The Morgan fingerprint density at radius 3 is 2.35 bits per heavy atom. The minimum absolute atomic E-state index is 0.237. The Balaban J connectivity index is 2.23. The Kier molecular flexibility index (Phi) is 5.53. The fraction of sp³-hybridized carbons (Fsp3) is 0.500. The van der Waals surface area contributed by atoms with Gasteiger partial charge in [0.25, 0.3) is 11.6 Å². The van der Waals surface area contributed by atoms with Gasteiger partial charge in [-0.25, -0.2) is 0 Å². The summed E-state index contributed by atoms with van der Waals surface area (Å²) in [4.78, 5) is 33.8. The molecule has 1 aromatic carbocycles. The number of hydrogen-bond donors (Lipinski definition) is 2. The quantitative estimate of drug-likeness (QED) is 0.606. The second-order valence-corrected chi connectivity index (χ2v) is 6.32. The zero-order valence-corrected chi connectivity index (χ0v) is 13.6. The van der Waals surface area contributed by atoms with Crippen LogP contribution in [0.15, 0.2) is 18.2 Å². The molecule has 0 aliphatic heterocycles. The van der Waals surface area contributed by atoms with E-state index in [1.807, 2.05) is 0 Å². The van der Waals surface area contributed by atoms with Gasteiger partial charge < -0.3 is 10.4 Å². The number of hydrogen-bond acceptors (Lipinski definition) is 4. The molecule has 1 aromatic rings. The molecule has 1 amide bonds. The molecule has 1 aliphatic carbocycles. The predicted molar refractivity (Wildman–Crippen MR) is 83.6 cm³/mol. The summed E-state index contributed by atoms with van der Waals surface area (Å²) in [5, 5.41) is 22.8. The van der Waals surface area contributed by atoms with E-state index in [4.69, 9.17) is 0 Å². The second-order valence-electron chi connectivity index (χ2n) is 6.32. The first-order valence-electron chi connectivity index (χ1n) is 7.94. The van der Waals surface area contributed by atoms with Crippen molar-refractivity contribution in [3.05, 3.63) is 39.4 Å². The average Bonchev–Trinajstić information content (AvgIpc) is 2.59. The summed E-state index contributed by atoms with van der Waals surface area (Å²) in [5.74, 6) is -2.05. The maximum absolute atomic E-state index is 12.7. The fourth-order valence-corrected chi connectivity index (χ4v) is 3.09. The molecule has 1 saturated carbocycles. The first-order valence-corrected chi connectivity index (χ1v) is 7.94. The fourth-order valence-electron chi connectivity index (χ4n) is 3.09.